The highest BCUT2D eigenvalue weighted by molar-refractivity contribution is 7.99. The highest BCUT2D eigenvalue weighted by Crippen LogP contribution is 2.26. The predicted octanol–water partition coefficient (Wildman–Crippen LogP) is 0.979. The van der Waals surface area contributed by atoms with Gasteiger partial charge >= 0.3 is 0 Å². The summed E-state index contributed by atoms with van der Waals surface area (Å²) in [6.07, 6.45) is 5.38. The Balaban J connectivity index is 1.78. The van der Waals surface area contributed by atoms with Crippen molar-refractivity contribution in [2.75, 3.05) is 31.2 Å². The van der Waals surface area contributed by atoms with E-state index in [0.717, 1.165) is 25.4 Å². The molecule has 0 saturated carbocycles. The first-order valence-corrected chi connectivity index (χ1v) is 7.15. The van der Waals surface area contributed by atoms with E-state index in [1.165, 1.54) is 31.4 Å². The van der Waals surface area contributed by atoms with Crippen LogP contribution >= 0.6 is 11.8 Å². The van der Waals surface area contributed by atoms with Crippen LogP contribution in [-0.2, 0) is 4.74 Å². The van der Waals surface area contributed by atoms with Crippen molar-refractivity contribution in [3.63, 3.8) is 0 Å². The molecule has 0 aromatic carbocycles. The summed E-state index contributed by atoms with van der Waals surface area (Å²) in [5.41, 5.74) is 6.10. The molecule has 0 radical (unpaired) electrons. The fourth-order valence-electron chi connectivity index (χ4n) is 2.36. The summed E-state index contributed by atoms with van der Waals surface area (Å²) in [5, 5.41) is 3.66. The van der Waals surface area contributed by atoms with Crippen molar-refractivity contribution in [2.45, 2.75) is 37.3 Å². The van der Waals surface area contributed by atoms with Gasteiger partial charge in [0, 0.05) is 31.0 Å². The molecule has 3 N–H and O–H groups in total. The Morgan fingerprint density at radius 2 is 2.40 bits per heavy atom. The molecule has 2 heterocycles. The molecule has 2 saturated heterocycles. The molecule has 2 aliphatic rings. The second-order valence-electron chi connectivity index (χ2n) is 4.66. The minimum absolute atomic E-state index is 0.189. The predicted molar refractivity (Wildman–Crippen MR) is 65.3 cm³/mol. The Morgan fingerprint density at radius 1 is 1.47 bits per heavy atom. The van der Waals surface area contributed by atoms with E-state index >= 15 is 0 Å². The lowest BCUT2D eigenvalue weighted by Gasteiger charge is -2.37. The van der Waals surface area contributed by atoms with Gasteiger partial charge in [-0.2, -0.15) is 11.8 Å². The largest absolute Gasteiger partial charge is 0.377 e. The van der Waals surface area contributed by atoms with Gasteiger partial charge in [-0.05, 0) is 31.4 Å². The summed E-state index contributed by atoms with van der Waals surface area (Å²) in [5.74, 6) is 2.46. The number of thioether (sulfide) groups is 1. The van der Waals surface area contributed by atoms with Crippen molar-refractivity contribution in [2.24, 2.45) is 5.73 Å². The lowest BCUT2D eigenvalue weighted by atomic mass is 9.95. The smallest absolute Gasteiger partial charge is 0.0700 e. The number of nitrogens with two attached hydrogens (primary N) is 1. The zero-order chi connectivity index (χ0) is 10.6. The third-order valence-corrected chi connectivity index (χ3v) is 4.78. The molecule has 2 fully saturated rings. The van der Waals surface area contributed by atoms with Crippen molar-refractivity contribution < 1.29 is 4.74 Å². The molecule has 2 atom stereocenters. The van der Waals surface area contributed by atoms with Crippen LogP contribution in [0.3, 0.4) is 0 Å². The molecule has 2 rings (SSSR count). The summed E-state index contributed by atoms with van der Waals surface area (Å²) in [7, 11) is 0. The van der Waals surface area contributed by atoms with E-state index in [1.807, 2.05) is 11.8 Å². The molecule has 0 spiro atoms. The minimum atomic E-state index is 0.189. The van der Waals surface area contributed by atoms with E-state index in [4.69, 9.17) is 10.5 Å². The van der Waals surface area contributed by atoms with Crippen LogP contribution in [0.15, 0.2) is 0 Å². The fourth-order valence-corrected chi connectivity index (χ4v) is 3.61. The van der Waals surface area contributed by atoms with Gasteiger partial charge in [0.25, 0.3) is 0 Å². The Morgan fingerprint density at radius 3 is 3.00 bits per heavy atom. The zero-order valence-corrected chi connectivity index (χ0v) is 10.2. The molecule has 0 amide bonds. The molecule has 0 aromatic rings. The van der Waals surface area contributed by atoms with Crippen molar-refractivity contribution in [1.82, 2.24) is 5.32 Å². The number of nitrogens with one attached hydrogen (secondary N) is 1. The standard InChI is InChI=1S/C11H22N2OS/c12-8-11(4-2-6-15-9-11)13-7-10-3-1-5-14-10/h10,13H,1-9,12H2. The summed E-state index contributed by atoms with van der Waals surface area (Å²) >= 11 is 2.03. The lowest BCUT2D eigenvalue weighted by Crippen LogP contribution is -2.56. The number of ether oxygens (including phenoxy) is 1. The Hall–Kier alpha value is 0.230. The van der Waals surface area contributed by atoms with Crippen molar-refractivity contribution in [1.29, 1.82) is 0 Å². The van der Waals surface area contributed by atoms with Gasteiger partial charge < -0.3 is 15.8 Å². The van der Waals surface area contributed by atoms with Crippen molar-refractivity contribution in [3.05, 3.63) is 0 Å². The van der Waals surface area contributed by atoms with Gasteiger partial charge in [0.05, 0.1) is 6.10 Å². The molecule has 0 bridgehead atoms. The first-order chi connectivity index (χ1) is 7.35. The molecular formula is C11H22N2OS. The Labute approximate surface area is 96.5 Å². The van der Waals surface area contributed by atoms with Crippen LogP contribution in [0.2, 0.25) is 0 Å². The van der Waals surface area contributed by atoms with Crippen LogP contribution in [0.25, 0.3) is 0 Å². The van der Waals surface area contributed by atoms with Gasteiger partial charge in [-0.15, -0.1) is 0 Å². The highest BCUT2D eigenvalue weighted by atomic mass is 32.2. The summed E-state index contributed by atoms with van der Waals surface area (Å²) in [6.45, 7) is 2.68. The maximum Gasteiger partial charge on any atom is 0.0700 e. The van der Waals surface area contributed by atoms with Crippen LogP contribution in [0.5, 0.6) is 0 Å². The quantitative estimate of drug-likeness (QED) is 0.756. The highest BCUT2D eigenvalue weighted by Gasteiger charge is 2.31. The fraction of sp³-hybridized carbons (Fsp3) is 1.00. The topological polar surface area (TPSA) is 47.3 Å². The molecule has 2 aliphatic heterocycles. The minimum Gasteiger partial charge on any atom is -0.377 e. The van der Waals surface area contributed by atoms with E-state index < -0.39 is 0 Å². The summed E-state index contributed by atoms with van der Waals surface area (Å²) < 4.78 is 5.62. The van der Waals surface area contributed by atoms with E-state index in [-0.39, 0.29) is 5.54 Å². The van der Waals surface area contributed by atoms with Gasteiger partial charge in [-0.25, -0.2) is 0 Å². The van der Waals surface area contributed by atoms with Crippen molar-refractivity contribution in [3.8, 4) is 0 Å². The van der Waals surface area contributed by atoms with E-state index in [0.29, 0.717) is 6.10 Å². The van der Waals surface area contributed by atoms with E-state index in [1.54, 1.807) is 0 Å². The first-order valence-electron chi connectivity index (χ1n) is 5.99. The molecule has 0 aliphatic carbocycles. The Bertz CT molecular complexity index is 189. The molecule has 88 valence electrons. The van der Waals surface area contributed by atoms with Gasteiger partial charge in [-0.3, -0.25) is 0 Å². The summed E-state index contributed by atoms with van der Waals surface area (Å²) in [6, 6.07) is 0. The molecule has 3 nitrogen and oxygen atoms in total. The van der Waals surface area contributed by atoms with E-state index in [9.17, 15) is 0 Å². The Kier molecular flexibility index (Phi) is 4.31. The van der Waals surface area contributed by atoms with Gasteiger partial charge in [-0.1, -0.05) is 0 Å². The molecule has 2 unspecified atom stereocenters. The number of rotatable bonds is 4. The first kappa shape index (κ1) is 11.7. The van der Waals surface area contributed by atoms with Gasteiger partial charge in [0.2, 0.25) is 0 Å². The zero-order valence-electron chi connectivity index (χ0n) is 9.34. The van der Waals surface area contributed by atoms with Crippen molar-refractivity contribution >= 4 is 11.8 Å². The van der Waals surface area contributed by atoms with Gasteiger partial charge in [0.15, 0.2) is 0 Å². The maximum absolute atomic E-state index is 5.91. The van der Waals surface area contributed by atoms with Crippen LogP contribution in [0.1, 0.15) is 25.7 Å². The van der Waals surface area contributed by atoms with Gasteiger partial charge in [0.1, 0.15) is 0 Å². The third-order valence-electron chi connectivity index (χ3n) is 3.44. The normalized spacial score (nSPS) is 37.0. The molecule has 4 heteroatoms. The number of hydrogen-bond donors (Lipinski definition) is 2. The monoisotopic (exact) mass is 230 g/mol. The molecular weight excluding hydrogens is 208 g/mol. The van der Waals surface area contributed by atoms with E-state index in [2.05, 4.69) is 5.32 Å². The molecule has 0 aromatic heterocycles. The van der Waals surface area contributed by atoms with Crippen LogP contribution < -0.4 is 11.1 Å². The summed E-state index contributed by atoms with van der Waals surface area (Å²) in [4.78, 5) is 0. The third kappa shape index (κ3) is 3.09. The maximum atomic E-state index is 5.91. The second-order valence-corrected chi connectivity index (χ2v) is 5.76. The number of hydrogen-bond acceptors (Lipinski definition) is 4. The molecule has 15 heavy (non-hydrogen) atoms. The average molecular weight is 230 g/mol. The van der Waals surface area contributed by atoms with Crippen LogP contribution in [-0.4, -0.2) is 42.8 Å². The lowest BCUT2D eigenvalue weighted by molar-refractivity contribution is 0.101. The second kappa shape index (κ2) is 5.53. The van der Waals surface area contributed by atoms with Crippen LogP contribution in [0, 0.1) is 0 Å². The SMILES string of the molecule is NCC1(NCC2CCCO2)CCCSC1. The average Bonchev–Trinajstić information content (AvgIpc) is 2.81. The van der Waals surface area contributed by atoms with Crippen LogP contribution in [0.4, 0.5) is 0 Å².